The van der Waals surface area contributed by atoms with Gasteiger partial charge in [-0.25, -0.2) is 0 Å². The SMILES string of the molecule is COc1ccc2c(c1)CC(CC(=O)N1CCC[C@@H]1C(=O)N1CCSC1)C2. The molecule has 2 aliphatic heterocycles. The van der Waals surface area contributed by atoms with Crippen LogP contribution in [-0.2, 0) is 22.4 Å². The summed E-state index contributed by atoms with van der Waals surface area (Å²) in [6, 6.07) is 5.97. The van der Waals surface area contributed by atoms with E-state index in [4.69, 9.17) is 4.74 Å². The number of amides is 2. The molecule has 1 unspecified atom stereocenters. The Bertz CT molecular complexity index is 702. The van der Waals surface area contributed by atoms with Crippen molar-refractivity contribution in [3.63, 3.8) is 0 Å². The van der Waals surface area contributed by atoms with E-state index in [9.17, 15) is 9.59 Å². The third kappa shape index (κ3) is 3.43. The van der Waals surface area contributed by atoms with Gasteiger partial charge in [0.1, 0.15) is 11.8 Å². The number of rotatable bonds is 4. The van der Waals surface area contributed by atoms with E-state index in [0.29, 0.717) is 12.3 Å². The zero-order chi connectivity index (χ0) is 18.1. The van der Waals surface area contributed by atoms with Gasteiger partial charge in [0.25, 0.3) is 0 Å². The topological polar surface area (TPSA) is 49.9 Å². The summed E-state index contributed by atoms with van der Waals surface area (Å²) in [5, 5.41) is 0. The molecule has 3 aliphatic rings. The predicted octanol–water partition coefficient (Wildman–Crippen LogP) is 2.32. The van der Waals surface area contributed by atoms with Crippen molar-refractivity contribution in [1.82, 2.24) is 9.80 Å². The molecule has 140 valence electrons. The molecule has 2 saturated heterocycles. The van der Waals surface area contributed by atoms with Crippen LogP contribution < -0.4 is 4.74 Å². The number of thioether (sulfide) groups is 1. The molecule has 1 aromatic carbocycles. The number of carbonyl (C=O) groups excluding carboxylic acids is 2. The second-order valence-corrected chi connectivity index (χ2v) is 8.57. The second kappa shape index (κ2) is 7.51. The number of carbonyl (C=O) groups is 2. The number of benzene rings is 1. The Kier molecular flexibility index (Phi) is 5.11. The summed E-state index contributed by atoms with van der Waals surface area (Å²) in [7, 11) is 1.68. The number of nitrogens with zero attached hydrogens (tertiary/aromatic N) is 2. The predicted molar refractivity (Wildman–Crippen MR) is 102 cm³/mol. The zero-order valence-electron chi connectivity index (χ0n) is 15.3. The Balaban J connectivity index is 1.38. The fourth-order valence-electron chi connectivity index (χ4n) is 4.44. The molecule has 0 spiro atoms. The quantitative estimate of drug-likeness (QED) is 0.812. The molecule has 0 bridgehead atoms. The maximum atomic E-state index is 12.9. The summed E-state index contributed by atoms with van der Waals surface area (Å²) in [5.74, 6) is 3.30. The van der Waals surface area contributed by atoms with Gasteiger partial charge in [0, 0.05) is 25.3 Å². The molecule has 1 aromatic rings. The minimum absolute atomic E-state index is 0.150. The van der Waals surface area contributed by atoms with Crippen LogP contribution >= 0.6 is 11.8 Å². The standard InChI is InChI=1S/C20H26N2O3S/c1-25-17-5-4-15-9-14(10-16(15)12-17)11-19(23)22-6-2-3-18(22)20(24)21-7-8-26-13-21/h4-5,12,14,18H,2-3,6-11,13H2,1H3/t14?,18-/m1/s1. The Morgan fingerprint density at radius 3 is 2.85 bits per heavy atom. The Hall–Kier alpha value is -1.69. The molecule has 2 amide bonds. The fraction of sp³-hybridized carbons (Fsp3) is 0.600. The molecular formula is C20H26N2O3S. The summed E-state index contributed by atoms with van der Waals surface area (Å²) in [6.07, 6.45) is 4.16. The second-order valence-electron chi connectivity index (χ2n) is 7.50. The highest BCUT2D eigenvalue weighted by atomic mass is 32.2. The van der Waals surface area contributed by atoms with Crippen LogP contribution in [0.5, 0.6) is 5.75 Å². The highest BCUT2D eigenvalue weighted by molar-refractivity contribution is 7.99. The molecule has 2 atom stereocenters. The van der Waals surface area contributed by atoms with Gasteiger partial charge < -0.3 is 14.5 Å². The zero-order valence-corrected chi connectivity index (χ0v) is 16.1. The van der Waals surface area contributed by atoms with Crippen molar-refractivity contribution < 1.29 is 14.3 Å². The molecule has 0 N–H and O–H groups in total. The summed E-state index contributed by atoms with van der Waals surface area (Å²) < 4.78 is 5.31. The van der Waals surface area contributed by atoms with Crippen LogP contribution in [-0.4, -0.2) is 59.5 Å². The van der Waals surface area contributed by atoms with Gasteiger partial charge in [-0.15, -0.1) is 11.8 Å². The van der Waals surface area contributed by atoms with Gasteiger partial charge in [-0.2, -0.15) is 0 Å². The van der Waals surface area contributed by atoms with E-state index < -0.39 is 0 Å². The molecule has 1 aliphatic carbocycles. The average molecular weight is 375 g/mol. The summed E-state index contributed by atoms with van der Waals surface area (Å²) in [6.45, 7) is 1.55. The lowest BCUT2D eigenvalue weighted by atomic mass is 10.0. The van der Waals surface area contributed by atoms with Crippen LogP contribution in [0.1, 0.15) is 30.4 Å². The van der Waals surface area contributed by atoms with E-state index in [1.54, 1.807) is 18.9 Å². The lowest BCUT2D eigenvalue weighted by molar-refractivity contribution is -0.143. The molecule has 0 aromatic heterocycles. The number of hydrogen-bond donors (Lipinski definition) is 0. The molecule has 2 fully saturated rings. The summed E-state index contributed by atoms with van der Waals surface area (Å²) >= 11 is 1.79. The van der Waals surface area contributed by atoms with Crippen molar-refractivity contribution in [3.05, 3.63) is 29.3 Å². The largest absolute Gasteiger partial charge is 0.497 e. The Labute approximate surface area is 159 Å². The average Bonchev–Trinajstić information content (AvgIpc) is 3.39. The van der Waals surface area contributed by atoms with Gasteiger partial charge in [-0.05, 0) is 54.9 Å². The van der Waals surface area contributed by atoms with Crippen molar-refractivity contribution in [2.75, 3.05) is 31.8 Å². The van der Waals surface area contributed by atoms with Crippen molar-refractivity contribution in [3.8, 4) is 5.75 Å². The normalized spacial score (nSPS) is 24.8. The van der Waals surface area contributed by atoms with E-state index in [1.165, 1.54) is 11.1 Å². The van der Waals surface area contributed by atoms with Gasteiger partial charge in [-0.3, -0.25) is 9.59 Å². The molecule has 0 radical (unpaired) electrons. The summed E-state index contributed by atoms with van der Waals surface area (Å²) in [5.41, 5.74) is 2.62. The first-order chi connectivity index (χ1) is 12.7. The van der Waals surface area contributed by atoms with Gasteiger partial charge >= 0.3 is 0 Å². The van der Waals surface area contributed by atoms with Crippen molar-refractivity contribution in [2.45, 2.75) is 38.1 Å². The van der Waals surface area contributed by atoms with Crippen LogP contribution in [0.15, 0.2) is 18.2 Å². The highest BCUT2D eigenvalue weighted by Crippen LogP contribution is 2.33. The minimum atomic E-state index is -0.231. The first kappa shape index (κ1) is 17.7. The number of ether oxygens (including phenoxy) is 1. The first-order valence-corrected chi connectivity index (χ1v) is 10.6. The third-order valence-electron chi connectivity index (χ3n) is 5.82. The van der Waals surface area contributed by atoms with E-state index in [1.807, 2.05) is 15.9 Å². The third-order valence-corrected chi connectivity index (χ3v) is 6.78. The molecule has 0 saturated carbocycles. The van der Waals surface area contributed by atoms with Gasteiger partial charge in [0.15, 0.2) is 0 Å². The van der Waals surface area contributed by atoms with Gasteiger partial charge in [0.2, 0.25) is 11.8 Å². The maximum Gasteiger partial charge on any atom is 0.246 e. The van der Waals surface area contributed by atoms with Crippen molar-refractivity contribution in [1.29, 1.82) is 0 Å². The molecule has 4 rings (SSSR count). The smallest absolute Gasteiger partial charge is 0.246 e. The van der Waals surface area contributed by atoms with Gasteiger partial charge in [0.05, 0.1) is 13.0 Å². The number of methoxy groups -OCH3 is 1. The Morgan fingerprint density at radius 1 is 1.23 bits per heavy atom. The molecule has 2 heterocycles. The lowest BCUT2D eigenvalue weighted by Crippen LogP contribution is -2.47. The molecule has 6 heteroatoms. The lowest BCUT2D eigenvalue weighted by Gasteiger charge is -2.28. The van der Waals surface area contributed by atoms with E-state index >= 15 is 0 Å². The number of fused-ring (bicyclic) bond motifs is 1. The van der Waals surface area contributed by atoms with Crippen LogP contribution in [0.2, 0.25) is 0 Å². The Morgan fingerprint density at radius 2 is 2.08 bits per heavy atom. The van der Waals surface area contributed by atoms with Crippen molar-refractivity contribution in [2.24, 2.45) is 5.92 Å². The summed E-state index contributed by atoms with van der Waals surface area (Å²) in [4.78, 5) is 29.5. The molecular weight excluding hydrogens is 348 g/mol. The monoisotopic (exact) mass is 374 g/mol. The highest BCUT2D eigenvalue weighted by Gasteiger charge is 2.38. The van der Waals surface area contributed by atoms with Crippen LogP contribution in [0.4, 0.5) is 0 Å². The van der Waals surface area contributed by atoms with Crippen LogP contribution in [0.25, 0.3) is 0 Å². The number of likely N-dealkylation sites (tertiary alicyclic amines) is 1. The van der Waals surface area contributed by atoms with E-state index in [0.717, 1.165) is 56.2 Å². The van der Waals surface area contributed by atoms with E-state index in [-0.39, 0.29) is 17.9 Å². The first-order valence-electron chi connectivity index (χ1n) is 9.47. The minimum Gasteiger partial charge on any atom is -0.497 e. The van der Waals surface area contributed by atoms with E-state index in [2.05, 4.69) is 12.1 Å². The maximum absolute atomic E-state index is 12.9. The van der Waals surface area contributed by atoms with Gasteiger partial charge in [-0.1, -0.05) is 6.07 Å². The van der Waals surface area contributed by atoms with Crippen molar-refractivity contribution >= 4 is 23.6 Å². The van der Waals surface area contributed by atoms with Crippen LogP contribution in [0.3, 0.4) is 0 Å². The number of hydrogen-bond acceptors (Lipinski definition) is 4. The van der Waals surface area contributed by atoms with Crippen LogP contribution in [0, 0.1) is 5.92 Å². The molecule has 5 nitrogen and oxygen atoms in total. The molecule has 26 heavy (non-hydrogen) atoms. The fourth-order valence-corrected chi connectivity index (χ4v) is 5.40.